The second-order valence-electron chi connectivity index (χ2n) is 13.7. The molecule has 42 heavy (non-hydrogen) atoms. The van der Waals surface area contributed by atoms with Gasteiger partial charge in [-0.05, 0) is 46.5 Å². The Labute approximate surface area is 250 Å². The first kappa shape index (κ1) is 29.8. The largest absolute Gasteiger partial charge is 0.442 e. The van der Waals surface area contributed by atoms with Crippen LogP contribution in [0.4, 0.5) is 4.79 Å². The van der Waals surface area contributed by atoms with Crippen molar-refractivity contribution in [3.63, 3.8) is 0 Å². The van der Waals surface area contributed by atoms with E-state index >= 15 is 0 Å². The fraction of sp³-hybridized carbons (Fsp3) is 0.812. The first-order chi connectivity index (χ1) is 20.2. The van der Waals surface area contributed by atoms with Crippen molar-refractivity contribution in [2.75, 3.05) is 52.5 Å². The molecule has 6 heterocycles. The van der Waals surface area contributed by atoms with Crippen LogP contribution in [0.1, 0.15) is 87.0 Å². The normalized spacial score (nSPS) is 30.9. The van der Waals surface area contributed by atoms with Crippen LogP contribution < -0.4 is 0 Å². The van der Waals surface area contributed by atoms with Gasteiger partial charge in [-0.25, -0.2) is 14.8 Å². The fourth-order valence-electron chi connectivity index (χ4n) is 8.31. The van der Waals surface area contributed by atoms with E-state index < -0.39 is 0 Å². The number of fused-ring (bicyclic) bond motifs is 1. The number of ether oxygens (including phenoxy) is 3. The van der Waals surface area contributed by atoms with Crippen molar-refractivity contribution < 1.29 is 23.8 Å². The molecule has 6 rings (SSSR count). The summed E-state index contributed by atoms with van der Waals surface area (Å²) in [5, 5.41) is 0. The summed E-state index contributed by atoms with van der Waals surface area (Å²) in [7, 11) is 0. The van der Waals surface area contributed by atoms with Gasteiger partial charge >= 0.3 is 6.09 Å². The van der Waals surface area contributed by atoms with E-state index in [4.69, 9.17) is 14.2 Å². The van der Waals surface area contributed by atoms with Crippen LogP contribution in [0.2, 0.25) is 0 Å². The molecule has 5 aliphatic heterocycles. The number of piperidine rings is 2. The molecule has 3 unspecified atom stereocenters. The molecule has 5 saturated heterocycles. The number of hydrogen-bond acceptors (Lipinski definition) is 8. The van der Waals surface area contributed by atoms with Gasteiger partial charge in [0, 0.05) is 75.4 Å². The number of aryl methyl sites for hydroxylation is 2. The zero-order valence-corrected chi connectivity index (χ0v) is 26.0. The van der Waals surface area contributed by atoms with E-state index in [2.05, 4.69) is 28.7 Å². The maximum atomic E-state index is 13.4. The average Bonchev–Trinajstić information content (AvgIpc) is 3.59. The molecule has 1 aromatic heterocycles. The lowest BCUT2D eigenvalue weighted by molar-refractivity contribution is -0.134. The predicted molar refractivity (Wildman–Crippen MR) is 157 cm³/mol. The lowest BCUT2D eigenvalue weighted by Crippen LogP contribution is -2.64. The Kier molecular flexibility index (Phi) is 8.50. The average molecular weight is 584 g/mol. The number of carbonyl (C=O) groups is 2. The Morgan fingerprint density at radius 1 is 1.05 bits per heavy atom. The van der Waals surface area contributed by atoms with Crippen molar-refractivity contribution in [1.29, 1.82) is 0 Å². The second kappa shape index (κ2) is 12.0. The SMILES string of the molecule is CCCCC1CN(CC2CO[C@@H]3OCCC23)C(=O)OC12CCN(C1(C)CCN(C(=O)c3c(C)ncnc3C)CC1)CC2. The van der Waals surface area contributed by atoms with Crippen LogP contribution in [0.3, 0.4) is 0 Å². The summed E-state index contributed by atoms with van der Waals surface area (Å²) < 4.78 is 18.1. The van der Waals surface area contributed by atoms with Gasteiger partial charge in [-0.15, -0.1) is 0 Å². The number of hydrogen-bond donors (Lipinski definition) is 0. The quantitative estimate of drug-likeness (QED) is 0.472. The Hall–Kier alpha value is -2.30. The minimum atomic E-state index is -0.375. The minimum absolute atomic E-state index is 0.0294. The maximum absolute atomic E-state index is 13.4. The summed E-state index contributed by atoms with van der Waals surface area (Å²) in [6.45, 7) is 14.6. The van der Waals surface area contributed by atoms with Gasteiger partial charge in [0.2, 0.25) is 0 Å². The predicted octanol–water partition coefficient (Wildman–Crippen LogP) is 4.19. The van der Waals surface area contributed by atoms with Crippen LogP contribution in [0.5, 0.6) is 0 Å². The lowest BCUT2D eigenvalue weighted by Gasteiger charge is -2.55. The van der Waals surface area contributed by atoms with E-state index in [0.29, 0.717) is 36.5 Å². The van der Waals surface area contributed by atoms with Crippen molar-refractivity contribution >= 4 is 12.0 Å². The van der Waals surface area contributed by atoms with Gasteiger partial charge in [0.15, 0.2) is 6.29 Å². The van der Waals surface area contributed by atoms with Crippen LogP contribution >= 0.6 is 0 Å². The molecular weight excluding hydrogens is 534 g/mol. The van der Waals surface area contributed by atoms with E-state index in [-0.39, 0.29) is 29.4 Å². The van der Waals surface area contributed by atoms with E-state index in [1.54, 1.807) is 0 Å². The zero-order valence-electron chi connectivity index (χ0n) is 26.0. The van der Waals surface area contributed by atoms with Gasteiger partial charge in [0.25, 0.3) is 5.91 Å². The van der Waals surface area contributed by atoms with Crippen LogP contribution in [-0.2, 0) is 14.2 Å². The molecule has 1 spiro atoms. The summed E-state index contributed by atoms with van der Waals surface area (Å²) in [4.78, 5) is 41.9. The van der Waals surface area contributed by atoms with Crippen LogP contribution in [0.25, 0.3) is 0 Å². The molecule has 0 saturated carbocycles. The molecule has 10 heteroatoms. The highest BCUT2D eigenvalue weighted by Gasteiger charge is 2.52. The third kappa shape index (κ3) is 5.54. The summed E-state index contributed by atoms with van der Waals surface area (Å²) in [6.07, 6.45) is 9.31. The smallest absolute Gasteiger partial charge is 0.410 e. The molecule has 232 valence electrons. The molecule has 1 aromatic rings. The Morgan fingerprint density at radius 2 is 1.76 bits per heavy atom. The van der Waals surface area contributed by atoms with Gasteiger partial charge in [-0.1, -0.05) is 19.8 Å². The molecule has 0 aliphatic carbocycles. The number of aromatic nitrogens is 2. The van der Waals surface area contributed by atoms with Crippen molar-refractivity contribution in [3.8, 4) is 0 Å². The van der Waals surface area contributed by atoms with Gasteiger partial charge in [-0.2, -0.15) is 0 Å². The summed E-state index contributed by atoms with van der Waals surface area (Å²) in [5.41, 5.74) is 1.79. The monoisotopic (exact) mass is 583 g/mol. The number of nitrogens with zero attached hydrogens (tertiary/aromatic N) is 5. The van der Waals surface area contributed by atoms with Crippen molar-refractivity contribution in [2.45, 2.75) is 96.5 Å². The molecule has 0 radical (unpaired) electrons. The molecule has 10 nitrogen and oxygen atoms in total. The molecule has 2 amide bonds. The van der Waals surface area contributed by atoms with Gasteiger partial charge in [-0.3, -0.25) is 9.69 Å². The van der Waals surface area contributed by atoms with E-state index in [9.17, 15) is 9.59 Å². The van der Waals surface area contributed by atoms with Crippen LogP contribution in [0, 0.1) is 31.6 Å². The number of amides is 2. The molecule has 0 bridgehead atoms. The summed E-state index contributed by atoms with van der Waals surface area (Å²) >= 11 is 0. The minimum Gasteiger partial charge on any atom is -0.442 e. The highest BCUT2D eigenvalue weighted by molar-refractivity contribution is 5.96. The fourth-order valence-corrected chi connectivity index (χ4v) is 8.31. The highest BCUT2D eigenvalue weighted by atomic mass is 16.7. The summed E-state index contributed by atoms with van der Waals surface area (Å²) in [5.74, 6) is 1.11. The number of unbranched alkanes of at least 4 members (excludes halogenated alkanes) is 1. The first-order valence-corrected chi connectivity index (χ1v) is 16.3. The van der Waals surface area contributed by atoms with Crippen molar-refractivity contribution in [1.82, 2.24) is 24.7 Å². The molecule has 0 N–H and O–H groups in total. The highest BCUT2D eigenvalue weighted by Crippen LogP contribution is 2.44. The molecule has 5 aliphatic rings. The van der Waals surface area contributed by atoms with Gasteiger partial charge < -0.3 is 24.0 Å². The van der Waals surface area contributed by atoms with E-state index in [1.807, 2.05) is 23.6 Å². The topological polar surface area (TPSA) is 97.3 Å². The van der Waals surface area contributed by atoms with Crippen LogP contribution in [0.15, 0.2) is 6.33 Å². The molecule has 4 atom stereocenters. The lowest BCUT2D eigenvalue weighted by atomic mass is 9.74. The van der Waals surface area contributed by atoms with Crippen LogP contribution in [-0.4, -0.2) is 107 Å². The van der Waals surface area contributed by atoms with Gasteiger partial charge in [0.1, 0.15) is 11.9 Å². The number of carbonyl (C=O) groups excluding carboxylic acids is 2. The number of rotatable bonds is 7. The Balaban J connectivity index is 1.07. The maximum Gasteiger partial charge on any atom is 0.410 e. The van der Waals surface area contributed by atoms with E-state index in [0.717, 1.165) is 102 Å². The Bertz CT molecular complexity index is 1130. The van der Waals surface area contributed by atoms with E-state index in [1.165, 1.54) is 6.33 Å². The van der Waals surface area contributed by atoms with Crippen molar-refractivity contribution in [2.24, 2.45) is 17.8 Å². The Morgan fingerprint density at radius 3 is 2.45 bits per heavy atom. The second-order valence-corrected chi connectivity index (χ2v) is 13.7. The zero-order chi connectivity index (χ0) is 29.5. The standard InChI is InChI=1S/C32H49N5O5/c1-5-6-7-25-19-36(18-24-20-41-29-26(24)8-17-40-29)30(39)42-32(25)11-15-37(16-12-32)31(4)9-13-35(14-10-31)28(38)27-22(2)33-21-34-23(27)3/h21,24-26,29H,5-20H2,1-4H3/t24?,25?,26?,29-/m0/s1. The summed E-state index contributed by atoms with van der Waals surface area (Å²) in [6, 6.07) is 0. The number of likely N-dealkylation sites (tertiary alicyclic amines) is 2. The van der Waals surface area contributed by atoms with Gasteiger partial charge in [0.05, 0.1) is 30.2 Å². The first-order valence-electron chi connectivity index (χ1n) is 16.3. The van der Waals surface area contributed by atoms with Crippen molar-refractivity contribution in [3.05, 3.63) is 23.3 Å². The third-order valence-electron chi connectivity index (χ3n) is 11.2. The molecular formula is C32H49N5O5. The third-order valence-corrected chi connectivity index (χ3v) is 11.2. The molecule has 0 aromatic carbocycles. The molecule has 5 fully saturated rings.